The van der Waals surface area contributed by atoms with Crippen LogP contribution in [-0.2, 0) is 11.2 Å². The lowest BCUT2D eigenvalue weighted by Crippen LogP contribution is -2.37. The molecule has 1 aromatic carbocycles. The number of nitrogens with zero attached hydrogens (tertiary/aromatic N) is 3. The summed E-state index contributed by atoms with van der Waals surface area (Å²) in [6, 6.07) is 3.99. The first-order valence-electron chi connectivity index (χ1n) is 9.72. The first-order chi connectivity index (χ1) is 13.0. The highest BCUT2D eigenvalue weighted by atomic mass is 19.1. The van der Waals surface area contributed by atoms with Crippen LogP contribution in [0.1, 0.15) is 58.2 Å². The summed E-state index contributed by atoms with van der Waals surface area (Å²) in [6.07, 6.45) is 3.44. The summed E-state index contributed by atoms with van der Waals surface area (Å²) >= 11 is 0. The van der Waals surface area contributed by atoms with Crippen molar-refractivity contribution in [3.05, 3.63) is 46.0 Å². The Morgan fingerprint density at radius 3 is 2.70 bits per heavy atom. The van der Waals surface area contributed by atoms with Crippen molar-refractivity contribution < 1.29 is 13.9 Å². The zero-order valence-electron chi connectivity index (χ0n) is 16.2. The van der Waals surface area contributed by atoms with Crippen LogP contribution in [0.2, 0.25) is 0 Å². The largest absolute Gasteiger partial charge is 0.381 e. The van der Waals surface area contributed by atoms with Crippen LogP contribution in [0.3, 0.4) is 0 Å². The molecule has 1 saturated heterocycles. The molecule has 4 rings (SSSR count). The maximum atomic E-state index is 14.9. The lowest BCUT2D eigenvalue weighted by atomic mass is 9.98. The molecule has 0 unspecified atom stereocenters. The number of aryl methyl sites for hydroxylation is 3. The van der Waals surface area contributed by atoms with Gasteiger partial charge in [0.25, 0.3) is 5.91 Å². The average Bonchev–Trinajstić information content (AvgIpc) is 2.98. The van der Waals surface area contributed by atoms with E-state index in [4.69, 9.17) is 4.74 Å². The predicted octanol–water partition coefficient (Wildman–Crippen LogP) is 3.89. The maximum Gasteiger partial charge on any atom is 0.262 e. The number of rotatable bonds is 2. The second-order valence-electron chi connectivity index (χ2n) is 7.60. The molecule has 0 N–H and O–H groups in total. The summed E-state index contributed by atoms with van der Waals surface area (Å²) in [6.45, 7) is 7.53. The van der Waals surface area contributed by atoms with Crippen molar-refractivity contribution in [2.75, 3.05) is 24.7 Å². The highest BCUT2D eigenvalue weighted by Gasteiger charge is 2.32. The van der Waals surface area contributed by atoms with Crippen molar-refractivity contribution in [2.24, 2.45) is 0 Å². The molecule has 27 heavy (non-hydrogen) atoms. The summed E-state index contributed by atoms with van der Waals surface area (Å²) < 4.78 is 22.3. The van der Waals surface area contributed by atoms with Crippen LogP contribution in [-0.4, -0.2) is 35.4 Å². The topological polar surface area (TPSA) is 47.4 Å². The van der Waals surface area contributed by atoms with Crippen molar-refractivity contribution in [2.45, 2.75) is 52.5 Å². The Bertz CT molecular complexity index is 884. The number of benzene rings is 1. The molecule has 1 fully saturated rings. The number of hydrogen-bond donors (Lipinski definition) is 0. The number of ether oxygens (including phenoxy) is 1. The van der Waals surface area contributed by atoms with E-state index < -0.39 is 0 Å². The lowest BCUT2D eigenvalue weighted by molar-refractivity contribution is 0.0655. The smallest absolute Gasteiger partial charge is 0.262 e. The first kappa shape index (κ1) is 18.2. The third kappa shape index (κ3) is 3.06. The Morgan fingerprint density at radius 1 is 1.22 bits per heavy atom. The van der Waals surface area contributed by atoms with Crippen molar-refractivity contribution in [3.8, 4) is 0 Å². The van der Waals surface area contributed by atoms with Gasteiger partial charge in [0.15, 0.2) is 0 Å². The molecule has 0 atom stereocenters. The van der Waals surface area contributed by atoms with Crippen molar-refractivity contribution in [1.82, 2.24) is 9.78 Å². The van der Waals surface area contributed by atoms with Crippen LogP contribution >= 0.6 is 0 Å². The minimum absolute atomic E-state index is 0.145. The second-order valence-corrected chi connectivity index (χ2v) is 7.60. The van der Waals surface area contributed by atoms with Crippen LogP contribution in [0.4, 0.5) is 10.1 Å². The molecule has 2 aromatic rings. The molecule has 6 heteroatoms. The van der Waals surface area contributed by atoms with Gasteiger partial charge in [-0.3, -0.25) is 9.48 Å². The average molecular weight is 371 g/mol. The quantitative estimate of drug-likeness (QED) is 0.805. The number of carbonyl (C=O) groups excluding carboxylic acids is 1. The summed E-state index contributed by atoms with van der Waals surface area (Å²) in [7, 11) is 0. The molecule has 0 aliphatic carbocycles. The Kier molecular flexibility index (Phi) is 4.76. The monoisotopic (exact) mass is 371 g/mol. The van der Waals surface area contributed by atoms with Crippen molar-refractivity contribution in [1.29, 1.82) is 0 Å². The van der Waals surface area contributed by atoms with Gasteiger partial charge in [-0.25, -0.2) is 4.39 Å². The minimum Gasteiger partial charge on any atom is -0.381 e. The van der Waals surface area contributed by atoms with Gasteiger partial charge in [0.05, 0.1) is 23.0 Å². The van der Waals surface area contributed by atoms with Gasteiger partial charge in [-0.1, -0.05) is 12.1 Å². The third-order valence-corrected chi connectivity index (χ3v) is 5.81. The number of fused-ring (bicyclic) bond motifs is 1. The number of carbonyl (C=O) groups is 1. The van der Waals surface area contributed by atoms with E-state index >= 15 is 0 Å². The lowest BCUT2D eigenvalue weighted by Gasteiger charge is -2.30. The highest BCUT2D eigenvalue weighted by molar-refractivity contribution is 6.08. The predicted molar refractivity (Wildman–Crippen MR) is 102 cm³/mol. The number of anilines is 1. The molecule has 3 heterocycles. The zero-order chi connectivity index (χ0) is 19.1. The van der Waals surface area contributed by atoms with Crippen LogP contribution in [0.25, 0.3) is 0 Å². The van der Waals surface area contributed by atoms with Gasteiger partial charge >= 0.3 is 0 Å². The summed E-state index contributed by atoms with van der Waals surface area (Å²) in [5, 5.41) is 4.67. The number of hydrogen-bond acceptors (Lipinski definition) is 3. The molecule has 2 aliphatic rings. The first-order valence-corrected chi connectivity index (χ1v) is 9.72. The van der Waals surface area contributed by atoms with E-state index in [1.807, 2.05) is 24.6 Å². The number of aromatic nitrogens is 2. The molecule has 0 spiro atoms. The highest BCUT2D eigenvalue weighted by Crippen LogP contribution is 2.34. The fourth-order valence-electron chi connectivity index (χ4n) is 4.33. The normalized spacial score (nSPS) is 17.9. The Hall–Kier alpha value is -2.21. The molecule has 2 aliphatic heterocycles. The van der Waals surface area contributed by atoms with E-state index in [1.54, 1.807) is 17.9 Å². The number of halogens is 1. The molecular formula is C21H26FN3O2. The van der Waals surface area contributed by atoms with E-state index in [0.29, 0.717) is 29.1 Å². The van der Waals surface area contributed by atoms with Crippen molar-refractivity contribution >= 4 is 11.6 Å². The molecule has 5 nitrogen and oxygen atoms in total. The van der Waals surface area contributed by atoms with E-state index in [1.165, 1.54) is 0 Å². The van der Waals surface area contributed by atoms with Gasteiger partial charge in [-0.15, -0.1) is 0 Å². The minimum atomic E-state index is -0.285. The van der Waals surface area contributed by atoms with Crippen LogP contribution in [0, 0.1) is 26.6 Å². The van der Waals surface area contributed by atoms with Gasteiger partial charge in [0.1, 0.15) is 5.82 Å². The SMILES string of the molecule is Cc1ccc2c(c1F)N(C(=O)c1c(C)nn(C3CCOCC3)c1C)CCC2. The summed E-state index contributed by atoms with van der Waals surface area (Å²) in [5.41, 5.74) is 4.11. The van der Waals surface area contributed by atoms with E-state index in [0.717, 1.165) is 50.2 Å². The molecule has 0 radical (unpaired) electrons. The molecule has 1 amide bonds. The fourth-order valence-corrected chi connectivity index (χ4v) is 4.33. The van der Waals surface area contributed by atoms with Gasteiger partial charge in [0.2, 0.25) is 0 Å². The van der Waals surface area contributed by atoms with E-state index in [2.05, 4.69) is 5.10 Å². The summed E-state index contributed by atoms with van der Waals surface area (Å²) in [5.74, 6) is -0.429. The van der Waals surface area contributed by atoms with Gasteiger partial charge < -0.3 is 9.64 Å². The Labute approximate surface area is 159 Å². The zero-order valence-corrected chi connectivity index (χ0v) is 16.2. The second kappa shape index (κ2) is 7.08. The fraction of sp³-hybridized carbons (Fsp3) is 0.524. The Morgan fingerprint density at radius 2 is 1.96 bits per heavy atom. The van der Waals surface area contributed by atoms with Crippen LogP contribution < -0.4 is 4.90 Å². The molecule has 0 saturated carbocycles. The van der Waals surface area contributed by atoms with E-state index in [-0.39, 0.29) is 17.8 Å². The van der Waals surface area contributed by atoms with Crippen molar-refractivity contribution in [3.63, 3.8) is 0 Å². The van der Waals surface area contributed by atoms with Gasteiger partial charge in [0, 0.05) is 25.5 Å². The number of amides is 1. The van der Waals surface area contributed by atoms with Gasteiger partial charge in [-0.05, 0) is 57.6 Å². The van der Waals surface area contributed by atoms with E-state index in [9.17, 15) is 9.18 Å². The molecular weight excluding hydrogens is 345 g/mol. The van der Waals surface area contributed by atoms with Crippen LogP contribution in [0.15, 0.2) is 12.1 Å². The Balaban J connectivity index is 1.73. The third-order valence-electron chi connectivity index (χ3n) is 5.81. The molecule has 1 aromatic heterocycles. The maximum absolute atomic E-state index is 14.9. The molecule has 144 valence electrons. The molecule has 0 bridgehead atoms. The van der Waals surface area contributed by atoms with Gasteiger partial charge in [-0.2, -0.15) is 5.10 Å². The standard InChI is InChI=1S/C21H26FN3O2/c1-13-6-7-16-5-4-10-24(20(16)19(13)22)21(26)18-14(2)23-25(15(18)3)17-8-11-27-12-9-17/h6-7,17H,4-5,8-12H2,1-3H3. The van der Waals surface area contributed by atoms with Crippen LogP contribution in [0.5, 0.6) is 0 Å². The summed E-state index contributed by atoms with van der Waals surface area (Å²) in [4.78, 5) is 15.1.